The topological polar surface area (TPSA) is 67.2 Å². The molecule has 2 fully saturated rings. The van der Waals surface area contributed by atoms with Gasteiger partial charge in [-0.2, -0.15) is 5.26 Å². The molecule has 1 aliphatic carbocycles. The molecule has 2 aliphatic rings. The van der Waals surface area contributed by atoms with Crippen LogP contribution in [0.25, 0.3) is 0 Å². The number of hydrogen-bond acceptors (Lipinski definition) is 4. The highest BCUT2D eigenvalue weighted by atomic mass is 16.5. The molecular weight excluding hydrogens is 350 g/mol. The first-order valence-corrected chi connectivity index (χ1v) is 9.87. The number of fused-ring (bicyclic) bond motifs is 1. The summed E-state index contributed by atoms with van der Waals surface area (Å²) >= 11 is 0. The maximum absolute atomic E-state index is 13.2. The number of carbonyl (C=O) groups is 2. The van der Waals surface area contributed by atoms with Crippen molar-refractivity contribution in [2.45, 2.75) is 55.6 Å². The second-order valence-electron chi connectivity index (χ2n) is 7.76. The van der Waals surface area contributed by atoms with Crippen LogP contribution in [-0.4, -0.2) is 23.3 Å². The van der Waals surface area contributed by atoms with E-state index in [4.69, 9.17) is 4.74 Å². The van der Waals surface area contributed by atoms with Gasteiger partial charge in [-0.05, 0) is 31.2 Å². The number of nitriles is 1. The summed E-state index contributed by atoms with van der Waals surface area (Å²) in [5.41, 5.74) is -0.636. The molecule has 1 saturated heterocycles. The molecular formula is C24H23NO3. The Kier molecular flexibility index (Phi) is 4.87. The standard InChI is InChI=1S/C24H23NO3/c25-17-23-14-7-12-22(27)24(23,19-10-5-2-6-11-19)15-13-20(28-23)16-21(26)18-8-3-1-4-9-18/h1-6,8-11,20H,7,12-16H2. The third kappa shape index (κ3) is 2.87. The lowest BCUT2D eigenvalue weighted by molar-refractivity contribution is -0.172. The minimum atomic E-state index is -1.20. The molecule has 1 heterocycles. The summed E-state index contributed by atoms with van der Waals surface area (Å²) in [5, 5.41) is 10.2. The van der Waals surface area contributed by atoms with Crippen molar-refractivity contribution in [3.63, 3.8) is 0 Å². The summed E-state index contributed by atoms with van der Waals surface area (Å²) in [4.78, 5) is 25.8. The molecule has 28 heavy (non-hydrogen) atoms. The Morgan fingerprint density at radius 2 is 1.75 bits per heavy atom. The molecule has 2 aromatic carbocycles. The monoisotopic (exact) mass is 373 g/mol. The Morgan fingerprint density at radius 1 is 1.07 bits per heavy atom. The van der Waals surface area contributed by atoms with Gasteiger partial charge in [-0.25, -0.2) is 0 Å². The summed E-state index contributed by atoms with van der Waals surface area (Å²) in [6.45, 7) is 0. The second kappa shape index (κ2) is 7.33. The van der Waals surface area contributed by atoms with Gasteiger partial charge in [0.1, 0.15) is 5.78 Å². The molecule has 3 atom stereocenters. The molecule has 4 rings (SSSR count). The predicted octanol–water partition coefficient (Wildman–Crippen LogP) is 4.39. The average molecular weight is 373 g/mol. The largest absolute Gasteiger partial charge is 0.355 e. The summed E-state index contributed by atoms with van der Waals surface area (Å²) in [6.07, 6.45) is 2.62. The van der Waals surface area contributed by atoms with Crippen molar-refractivity contribution in [3.05, 3.63) is 71.8 Å². The molecule has 3 unspecified atom stereocenters. The number of hydrogen-bond donors (Lipinski definition) is 0. The molecule has 1 saturated carbocycles. The van der Waals surface area contributed by atoms with E-state index in [0.29, 0.717) is 37.7 Å². The van der Waals surface area contributed by atoms with Gasteiger partial charge in [-0.1, -0.05) is 60.7 Å². The maximum Gasteiger partial charge on any atom is 0.171 e. The van der Waals surface area contributed by atoms with Crippen LogP contribution in [0.3, 0.4) is 0 Å². The van der Waals surface area contributed by atoms with Gasteiger partial charge in [0.2, 0.25) is 0 Å². The third-order valence-corrected chi connectivity index (χ3v) is 6.26. The van der Waals surface area contributed by atoms with Crippen molar-refractivity contribution in [1.82, 2.24) is 0 Å². The van der Waals surface area contributed by atoms with Crippen LogP contribution in [0.2, 0.25) is 0 Å². The van der Waals surface area contributed by atoms with Gasteiger partial charge >= 0.3 is 0 Å². The molecule has 0 N–H and O–H groups in total. The molecule has 2 aromatic rings. The molecule has 4 heteroatoms. The van der Waals surface area contributed by atoms with Crippen LogP contribution in [-0.2, 0) is 14.9 Å². The van der Waals surface area contributed by atoms with Crippen LogP contribution in [0.4, 0.5) is 0 Å². The number of Topliss-reactive ketones (excluding diaryl/α,β-unsaturated/α-hetero) is 2. The highest BCUT2D eigenvalue weighted by Crippen LogP contribution is 2.53. The fraction of sp³-hybridized carbons (Fsp3) is 0.375. The van der Waals surface area contributed by atoms with Crippen molar-refractivity contribution < 1.29 is 14.3 Å². The van der Waals surface area contributed by atoms with Gasteiger partial charge in [0, 0.05) is 18.4 Å². The van der Waals surface area contributed by atoms with Crippen LogP contribution in [0.1, 0.15) is 54.4 Å². The van der Waals surface area contributed by atoms with Crippen molar-refractivity contribution in [2.24, 2.45) is 0 Å². The van der Waals surface area contributed by atoms with Crippen molar-refractivity contribution in [2.75, 3.05) is 0 Å². The van der Waals surface area contributed by atoms with Gasteiger partial charge in [0.15, 0.2) is 11.4 Å². The van der Waals surface area contributed by atoms with Gasteiger partial charge in [-0.3, -0.25) is 9.59 Å². The molecule has 0 aromatic heterocycles. The number of nitrogens with zero attached hydrogens (tertiary/aromatic N) is 1. The lowest BCUT2D eigenvalue weighted by atomic mass is 9.55. The van der Waals surface area contributed by atoms with Gasteiger partial charge < -0.3 is 4.74 Å². The van der Waals surface area contributed by atoms with Crippen LogP contribution in [0.15, 0.2) is 60.7 Å². The van der Waals surface area contributed by atoms with E-state index < -0.39 is 11.0 Å². The number of benzene rings is 2. The van der Waals surface area contributed by atoms with Crippen LogP contribution >= 0.6 is 0 Å². The predicted molar refractivity (Wildman–Crippen MR) is 105 cm³/mol. The first-order valence-electron chi connectivity index (χ1n) is 9.87. The zero-order valence-corrected chi connectivity index (χ0v) is 15.8. The highest BCUT2D eigenvalue weighted by molar-refractivity contribution is 5.96. The van der Waals surface area contributed by atoms with Crippen molar-refractivity contribution >= 4 is 11.6 Å². The van der Waals surface area contributed by atoms with Crippen LogP contribution < -0.4 is 0 Å². The summed E-state index contributed by atoms with van der Waals surface area (Å²) in [6, 6.07) is 21.1. The SMILES string of the molecule is N#CC12CCCC(=O)C1(c1ccccc1)CCC(CC(=O)c1ccccc1)O2. The fourth-order valence-electron chi connectivity index (χ4n) is 4.90. The minimum absolute atomic E-state index is 0.00744. The lowest BCUT2D eigenvalue weighted by Gasteiger charge is -2.53. The van der Waals surface area contributed by atoms with Gasteiger partial charge in [0.25, 0.3) is 0 Å². The molecule has 4 nitrogen and oxygen atoms in total. The van der Waals surface area contributed by atoms with E-state index in [1.54, 1.807) is 12.1 Å². The van der Waals surface area contributed by atoms with Gasteiger partial charge in [-0.15, -0.1) is 0 Å². The van der Waals surface area contributed by atoms with E-state index in [1.165, 1.54) is 0 Å². The van der Waals surface area contributed by atoms with Crippen LogP contribution in [0.5, 0.6) is 0 Å². The lowest BCUT2D eigenvalue weighted by Crippen LogP contribution is -2.63. The minimum Gasteiger partial charge on any atom is -0.355 e. The van der Waals surface area contributed by atoms with Gasteiger partial charge in [0.05, 0.1) is 17.6 Å². The summed E-state index contributed by atoms with van der Waals surface area (Å²) in [7, 11) is 0. The summed E-state index contributed by atoms with van der Waals surface area (Å²) < 4.78 is 6.34. The normalized spacial score (nSPS) is 29.5. The smallest absolute Gasteiger partial charge is 0.171 e. The zero-order chi connectivity index (χ0) is 19.6. The van der Waals surface area contributed by atoms with E-state index >= 15 is 0 Å². The Morgan fingerprint density at radius 3 is 2.43 bits per heavy atom. The number of carbonyl (C=O) groups excluding carboxylic acids is 2. The van der Waals surface area contributed by atoms with Crippen molar-refractivity contribution in [3.8, 4) is 6.07 Å². The third-order valence-electron chi connectivity index (χ3n) is 6.26. The average Bonchev–Trinajstić information content (AvgIpc) is 2.75. The Labute approximate surface area is 165 Å². The van der Waals surface area contributed by atoms with E-state index in [2.05, 4.69) is 6.07 Å². The zero-order valence-electron chi connectivity index (χ0n) is 15.8. The van der Waals surface area contributed by atoms with E-state index in [9.17, 15) is 14.9 Å². The van der Waals surface area contributed by atoms with Crippen molar-refractivity contribution in [1.29, 1.82) is 5.26 Å². The molecule has 0 radical (unpaired) electrons. The highest BCUT2D eigenvalue weighted by Gasteiger charge is 2.63. The van der Waals surface area contributed by atoms with Crippen LogP contribution in [0, 0.1) is 11.3 Å². The molecule has 142 valence electrons. The first kappa shape index (κ1) is 18.6. The molecule has 0 spiro atoms. The van der Waals surface area contributed by atoms with E-state index in [1.807, 2.05) is 48.5 Å². The number of ketones is 2. The second-order valence-corrected chi connectivity index (χ2v) is 7.76. The molecule has 1 aliphatic heterocycles. The fourth-order valence-corrected chi connectivity index (χ4v) is 4.90. The Hall–Kier alpha value is -2.77. The number of rotatable bonds is 4. The Balaban J connectivity index is 1.66. The quantitative estimate of drug-likeness (QED) is 0.746. The summed E-state index contributed by atoms with van der Waals surface area (Å²) in [5.74, 6) is 0.0902. The molecule has 0 bridgehead atoms. The Bertz CT molecular complexity index is 918. The van der Waals surface area contributed by atoms with E-state index in [-0.39, 0.29) is 24.1 Å². The number of ether oxygens (including phenoxy) is 1. The molecule has 0 amide bonds. The van der Waals surface area contributed by atoms with E-state index in [0.717, 1.165) is 5.56 Å². The first-order chi connectivity index (χ1) is 13.6. The maximum atomic E-state index is 13.2.